The first-order valence-electron chi connectivity index (χ1n) is 8.08. The molecule has 0 fully saturated rings. The van der Waals surface area contributed by atoms with E-state index in [1.165, 1.54) is 0 Å². The molecule has 2 N–H and O–H groups in total. The maximum Gasteiger partial charge on any atom is 0.221 e. The summed E-state index contributed by atoms with van der Waals surface area (Å²) in [6.45, 7) is 1.48. The van der Waals surface area contributed by atoms with Crippen molar-refractivity contribution in [2.45, 2.75) is 6.42 Å². The van der Waals surface area contributed by atoms with E-state index in [4.69, 9.17) is 9.15 Å². The van der Waals surface area contributed by atoms with Crippen molar-refractivity contribution in [2.24, 2.45) is 0 Å². The van der Waals surface area contributed by atoms with Crippen LogP contribution >= 0.6 is 0 Å². The number of hydrogen-bond donors (Lipinski definition) is 2. The average Bonchev–Trinajstić information content (AvgIpc) is 3.16. The molecule has 0 aliphatic heterocycles. The number of aromatic nitrogens is 2. The molecule has 2 heterocycles. The van der Waals surface area contributed by atoms with Crippen LogP contribution in [0.25, 0.3) is 22.5 Å². The smallest absolute Gasteiger partial charge is 0.221 e. The fourth-order valence-corrected chi connectivity index (χ4v) is 2.40. The molecular weight excluding hydrogens is 320 g/mol. The molecule has 0 unspecified atom stereocenters. The Kier molecular flexibility index (Phi) is 5.58. The van der Waals surface area contributed by atoms with Gasteiger partial charge in [0, 0.05) is 32.0 Å². The lowest BCUT2D eigenvalue weighted by Crippen LogP contribution is -2.28. The molecule has 3 rings (SSSR count). The van der Waals surface area contributed by atoms with E-state index in [0.29, 0.717) is 43.5 Å². The van der Waals surface area contributed by atoms with Crippen LogP contribution in [0.3, 0.4) is 0 Å². The number of methoxy groups -OCH3 is 1. The summed E-state index contributed by atoms with van der Waals surface area (Å²) in [5.41, 5.74) is 0.816. The summed E-state index contributed by atoms with van der Waals surface area (Å²) in [6.07, 6.45) is 1.93. The van der Waals surface area contributed by atoms with Gasteiger partial charge in [-0.1, -0.05) is 12.1 Å². The summed E-state index contributed by atoms with van der Waals surface area (Å²) in [6, 6.07) is 11.3. The largest absolute Gasteiger partial charge is 0.461 e. The van der Waals surface area contributed by atoms with Gasteiger partial charge >= 0.3 is 0 Å². The zero-order chi connectivity index (χ0) is 17.5. The molecule has 0 spiro atoms. The minimum atomic E-state index is -0.0332. The summed E-state index contributed by atoms with van der Waals surface area (Å²) in [5, 5.41) is 6.92. The normalized spacial score (nSPS) is 10.8. The van der Waals surface area contributed by atoms with Crippen LogP contribution in [0.15, 0.2) is 47.1 Å². The number of carbonyl (C=O) groups is 1. The number of hydrogen-bond acceptors (Lipinski definition) is 6. The van der Waals surface area contributed by atoms with Crippen molar-refractivity contribution in [1.82, 2.24) is 15.3 Å². The van der Waals surface area contributed by atoms with Gasteiger partial charge in [-0.15, -0.1) is 0 Å². The summed E-state index contributed by atoms with van der Waals surface area (Å²) in [7, 11) is 1.60. The minimum absolute atomic E-state index is 0.0332. The van der Waals surface area contributed by atoms with E-state index >= 15 is 0 Å². The SMILES string of the molecule is COCCNC(=O)CCNc1nc(-c2ccco2)nc2ccccc12. The van der Waals surface area contributed by atoms with Gasteiger partial charge in [-0.3, -0.25) is 4.79 Å². The van der Waals surface area contributed by atoms with Crippen molar-refractivity contribution >= 4 is 22.6 Å². The molecule has 0 bridgehead atoms. The van der Waals surface area contributed by atoms with E-state index in [9.17, 15) is 4.79 Å². The summed E-state index contributed by atoms with van der Waals surface area (Å²) < 4.78 is 10.3. The Morgan fingerprint density at radius 2 is 2.04 bits per heavy atom. The zero-order valence-corrected chi connectivity index (χ0v) is 14.0. The molecule has 25 heavy (non-hydrogen) atoms. The molecule has 0 aliphatic rings. The van der Waals surface area contributed by atoms with E-state index in [2.05, 4.69) is 20.6 Å². The third-order valence-electron chi connectivity index (χ3n) is 3.62. The monoisotopic (exact) mass is 340 g/mol. The molecule has 0 radical (unpaired) electrons. The van der Waals surface area contributed by atoms with E-state index in [1.807, 2.05) is 30.3 Å². The third-order valence-corrected chi connectivity index (χ3v) is 3.62. The molecule has 2 aromatic heterocycles. The summed E-state index contributed by atoms with van der Waals surface area (Å²) in [4.78, 5) is 20.9. The summed E-state index contributed by atoms with van der Waals surface area (Å²) in [5.74, 6) is 1.76. The Morgan fingerprint density at radius 1 is 1.16 bits per heavy atom. The highest BCUT2D eigenvalue weighted by Crippen LogP contribution is 2.24. The standard InChI is InChI=1S/C18H20N4O3/c1-24-12-10-19-16(23)8-9-20-17-13-5-2-3-6-14(13)21-18(22-17)15-7-4-11-25-15/h2-7,11H,8-10,12H2,1H3,(H,19,23)(H,20,21,22). The number of rotatable bonds is 8. The maximum absolute atomic E-state index is 11.8. The maximum atomic E-state index is 11.8. The van der Waals surface area contributed by atoms with Gasteiger partial charge in [0.15, 0.2) is 11.6 Å². The van der Waals surface area contributed by atoms with Crippen molar-refractivity contribution in [2.75, 3.05) is 32.1 Å². The van der Waals surface area contributed by atoms with E-state index in [-0.39, 0.29) is 5.91 Å². The Morgan fingerprint density at radius 3 is 2.84 bits per heavy atom. The number of fused-ring (bicyclic) bond motifs is 1. The van der Waals surface area contributed by atoms with E-state index in [0.717, 1.165) is 10.9 Å². The second kappa shape index (κ2) is 8.25. The molecule has 0 saturated carbocycles. The van der Waals surface area contributed by atoms with Crippen molar-refractivity contribution in [3.63, 3.8) is 0 Å². The molecule has 1 aromatic carbocycles. The van der Waals surface area contributed by atoms with Crippen LogP contribution in [0.4, 0.5) is 5.82 Å². The first-order valence-corrected chi connectivity index (χ1v) is 8.08. The van der Waals surface area contributed by atoms with Crippen LogP contribution in [-0.2, 0) is 9.53 Å². The molecule has 3 aromatic rings. The van der Waals surface area contributed by atoms with Crippen LogP contribution in [0.5, 0.6) is 0 Å². The molecule has 130 valence electrons. The van der Waals surface area contributed by atoms with Crippen LogP contribution < -0.4 is 10.6 Å². The quantitative estimate of drug-likeness (QED) is 0.612. The number of anilines is 1. The molecule has 7 heteroatoms. The lowest BCUT2D eigenvalue weighted by Gasteiger charge is -2.10. The van der Waals surface area contributed by atoms with Crippen molar-refractivity contribution in [1.29, 1.82) is 0 Å². The number of benzene rings is 1. The Labute approximate surface area is 145 Å². The highest BCUT2D eigenvalue weighted by atomic mass is 16.5. The Hall–Kier alpha value is -2.93. The number of ether oxygens (including phenoxy) is 1. The van der Waals surface area contributed by atoms with Gasteiger partial charge in [-0.2, -0.15) is 0 Å². The third kappa shape index (κ3) is 4.33. The van der Waals surface area contributed by atoms with Crippen LogP contribution in [0.2, 0.25) is 0 Å². The number of amides is 1. The molecule has 7 nitrogen and oxygen atoms in total. The Bertz CT molecular complexity index is 833. The second-order valence-corrected chi connectivity index (χ2v) is 5.41. The first kappa shape index (κ1) is 16.9. The predicted molar refractivity (Wildman–Crippen MR) is 95.2 cm³/mol. The van der Waals surface area contributed by atoms with Gasteiger partial charge in [0.1, 0.15) is 5.82 Å². The number of nitrogens with zero attached hydrogens (tertiary/aromatic N) is 2. The van der Waals surface area contributed by atoms with E-state index < -0.39 is 0 Å². The number of furan rings is 1. The second-order valence-electron chi connectivity index (χ2n) is 5.41. The lowest BCUT2D eigenvalue weighted by atomic mass is 10.2. The fraction of sp³-hybridized carbons (Fsp3) is 0.278. The van der Waals surface area contributed by atoms with Gasteiger partial charge in [0.05, 0.1) is 18.4 Å². The highest BCUT2D eigenvalue weighted by Gasteiger charge is 2.11. The molecule has 1 amide bonds. The molecule has 0 aliphatic carbocycles. The van der Waals surface area contributed by atoms with Gasteiger partial charge in [-0.05, 0) is 24.3 Å². The first-order chi connectivity index (χ1) is 12.3. The predicted octanol–water partition coefficient (Wildman–Crippen LogP) is 2.45. The lowest BCUT2D eigenvalue weighted by molar-refractivity contribution is -0.121. The molecular formula is C18H20N4O3. The van der Waals surface area contributed by atoms with Gasteiger partial charge in [0.2, 0.25) is 5.91 Å². The van der Waals surface area contributed by atoms with Crippen LogP contribution in [0.1, 0.15) is 6.42 Å². The highest BCUT2D eigenvalue weighted by molar-refractivity contribution is 5.90. The van der Waals surface area contributed by atoms with Gasteiger partial charge < -0.3 is 19.8 Å². The Balaban J connectivity index is 1.73. The molecule has 0 saturated heterocycles. The van der Waals surface area contributed by atoms with Crippen molar-refractivity contribution < 1.29 is 13.9 Å². The van der Waals surface area contributed by atoms with Crippen molar-refractivity contribution in [3.05, 3.63) is 42.7 Å². The van der Waals surface area contributed by atoms with E-state index in [1.54, 1.807) is 19.4 Å². The van der Waals surface area contributed by atoms with Gasteiger partial charge in [0.25, 0.3) is 0 Å². The van der Waals surface area contributed by atoms with Gasteiger partial charge in [-0.25, -0.2) is 9.97 Å². The number of carbonyl (C=O) groups excluding carboxylic acids is 1. The summed E-state index contributed by atoms with van der Waals surface area (Å²) >= 11 is 0. The zero-order valence-electron chi connectivity index (χ0n) is 14.0. The van der Waals surface area contributed by atoms with Crippen molar-refractivity contribution in [3.8, 4) is 11.6 Å². The topological polar surface area (TPSA) is 89.3 Å². The minimum Gasteiger partial charge on any atom is -0.461 e. The number of nitrogens with one attached hydrogen (secondary N) is 2. The average molecular weight is 340 g/mol. The van der Waals surface area contributed by atoms with Crippen LogP contribution in [0, 0.1) is 0 Å². The number of para-hydroxylation sites is 1. The van der Waals surface area contributed by atoms with Crippen LogP contribution in [-0.4, -0.2) is 42.7 Å². The molecule has 0 atom stereocenters. The fourth-order valence-electron chi connectivity index (χ4n) is 2.40.